The Hall–Kier alpha value is -2.07. The summed E-state index contributed by atoms with van der Waals surface area (Å²) in [5.41, 5.74) is 3.50. The first-order chi connectivity index (χ1) is 10.3. The normalized spacial score (nSPS) is 14.1. The molecule has 2 aromatic rings. The summed E-state index contributed by atoms with van der Waals surface area (Å²) in [6.07, 6.45) is 1.93. The molecule has 0 aliphatic heterocycles. The van der Waals surface area contributed by atoms with Crippen LogP contribution in [0, 0.1) is 5.92 Å². The molecule has 0 unspecified atom stereocenters. The van der Waals surface area contributed by atoms with Crippen LogP contribution in [0.5, 0.6) is 5.75 Å². The molecule has 1 aliphatic rings. The van der Waals surface area contributed by atoms with E-state index in [-0.39, 0.29) is 11.8 Å². The molecule has 1 aliphatic carbocycles. The number of hydroxylamine groups is 1. The number of ether oxygens (including phenoxy) is 1. The number of fused-ring (bicyclic) bond motifs is 1. The lowest BCUT2D eigenvalue weighted by atomic mass is 10.0. The first-order valence-electron chi connectivity index (χ1n) is 7.34. The molecule has 0 bridgehead atoms. The number of carbonyl (C=O) groups excluding carboxylic acids is 1. The highest BCUT2D eigenvalue weighted by Crippen LogP contribution is 2.30. The third kappa shape index (κ3) is 3.16. The van der Waals surface area contributed by atoms with E-state index in [1.807, 2.05) is 37.3 Å². The molecule has 0 spiro atoms. The van der Waals surface area contributed by atoms with E-state index in [1.165, 1.54) is 0 Å². The molecule has 2 aromatic carbocycles. The lowest BCUT2D eigenvalue weighted by molar-refractivity contribution is -0.135. The highest BCUT2D eigenvalue weighted by molar-refractivity contribution is 5.87. The molecule has 4 nitrogen and oxygen atoms in total. The van der Waals surface area contributed by atoms with Crippen LogP contribution >= 0.6 is 0 Å². The molecule has 1 N–H and O–H groups in total. The fourth-order valence-corrected chi connectivity index (χ4v) is 2.36. The van der Waals surface area contributed by atoms with Gasteiger partial charge in [-0.1, -0.05) is 30.3 Å². The first kappa shape index (κ1) is 13.9. The molecule has 1 fully saturated rings. The Morgan fingerprint density at radius 1 is 1.24 bits per heavy atom. The summed E-state index contributed by atoms with van der Waals surface area (Å²) in [6.45, 7) is 2.85. The van der Waals surface area contributed by atoms with E-state index >= 15 is 0 Å². The molecular weight excluding hydrogens is 266 g/mol. The Balaban J connectivity index is 1.79. The quantitative estimate of drug-likeness (QED) is 0.829. The maximum absolute atomic E-state index is 11.6. The third-order valence-corrected chi connectivity index (χ3v) is 3.63. The summed E-state index contributed by atoms with van der Waals surface area (Å²) in [6, 6.07) is 12.1. The zero-order valence-corrected chi connectivity index (χ0v) is 12.1. The van der Waals surface area contributed by atoms with Crippen molar-refractivity contribution in [1.29, 1.82) is 0 Å². The van der Waals surface area contributed by atoms with Gasteiger partial charge in [-0.3, -0.25) is 9.63 Å². The van der Waals surface area contributed by atoms with Crippen LogP contribution in [0.25, 0.3) is 10.8 Å². The van der Waals surface area contributed by atoms with Crippen molar-refractivity contribution in [3.63, 3.8) is 0 Å². The molecule has 0 aromatic heterocycles. The van der Waals surface area contributed by atoms with Crippen molar-refractivity contribution in [3.05, 3.63) is 42.0 Å². The molecular formula is C17H19NO3. The SMILES string of the molecule is CCOc1ccc2ccccc2c1CONC(=O)C1CC1. The van der Waals surface area contributed by atoms with Crippen LogP contribution in [-0.4, -0.2) is 12.5 Å². The predicted molar refractivity (Wildman–Crippen MR) is 80.8 cm³/mol. The number of hydrogen-bond donors (Lipinski definition) is 1. The van der Waals surface area contributed by atoms with Gasteiger partial charge in [0.2, 0.25) is 5.91 Å². The molecule has 1 saturated carbocycles. The molecule has 3 rings (SSSR count). The Morgan fingerprint density at radius 3 is 2.81 bits per heavy atom. The number of rotatable bonds is 6. The highest BCUT2D eigenvalue weighted by Gasteiger charge is 2.29. The lowest BCUT2D eigenvalue weighted by Crippen LogP contribution is -2.25. The number of nitrogens with one attached hydrogen (secondary N) is 1. The topological polar surface area (TPSA) is 47.6 Å². The van der Waals surface area contributed by atoms with E-state index in [9.17, 15) is 4.79 Å². The Morgan fingerprint density at radius 2 is 2.05 bits per heavy atom. The van der Waals surface area contributed by atoms with Gasteiger partial charge in [-0.15, -0.1) is 0 Å². The summed E-state index contributed by atoms with van der Waals surface area (Å²) in [7, 11) is 0. The minimum Gasteiger partial charge on any atom is -0.493 e. The van der Waals surface area contributed by atoms with Crippen LogP contribution < -0.4 is 10.2 Å². The minimum absolute atomic E-state index is 0.0202. The average molecular weight is 285 g/mol. The van der Waals surface area contributed by atoms with Gasteiger partial charge in [0.05, 0.1) is 6.61 Å². The maximum Gasteiger partial charge on any atom is 0.246 e. The van der Waals surface area contributed by atoms with Gasteiger partial charge in [-0.2, -0.15) is 0 Å². The van der Waals surface area contributed by atoms with Gasteiger partial charge in [-0.05, 0) is 36.6 Å². The van der Waals surface area contributed by atoms with Crippen molar-refractivity contribution in [2.45, 2.75) is 26.4 Å². The molecule has 1 amide bonds. The van der Waals surface area contributed by atoms with Gasteiger partial charge < -0.3 is 4.74 Å². The van der Waals surface area contributed by atoms with E-state index < -0.39 is 0 Å². The number of amides is 1. The third-order valence-electron chi connectivity index (χ3n) is 3.63. The first-order valence-corrected chi connectivity index (χ1v) is 7.34. The van der Waals surface area contributed by atoms with Crippen LogP contribution in [0.4, 0.5) is 0 Å². The summed E-state index contributed by atoms with van der Waals surface area (Å²) in [5.74, 6) is 0.925. The molecule has 0 radical (unpaired) electrons. The molecule has 0 atom stereocenters. The van der Waals surface area contributed by atoms with Gasteiger partial charge >= 0.3 is 0 Å². The fourth-order valence-electron chi connectivity index (χ4n) is 2.36. The summed E-state index contributed by atoms with van der Waals surface area (Å²) in [5, 5.41) is 2.22. The second-order valence-electron chi connectivity index (χ2n) is 5.23. The zero-order chi connectivity index (χ0) is 14.7. The van der Waals surface area contributed by atoms with Crippen LogP contribution in [-0.2, 0) is 16.2 Å². The highest BCUT2D eigenvalue weighted by atomic mass is 16.7. The number of benzene rings is 2. The van der Waals surface area contributed by atoms with Crippen LogP contribution in [0.15, 0.2) is 36.4 Å². The molecule has 0 heterocycles. The minimum atomic E-state index is -0.0202. The largest absolute Gasteiger partial charge is 0.493 e. The fraction of sp³-hybridized carbons (Fsp3) is 0.353. The van der Waals surface area contributed by atoms with Crippen molar-refractivity contribution in [3.8, 4) is 5.75 Å². The van der Waals surface area contributed by atoms with Crippen LogP contribution in [0.1, 0.15) is 25.3 Å². The second kappa shape index (κ2) is 6.14. The van der Waals surface area contributed by atoms with Crippen molar-refractivity contribution in [2.75, 3.05) is 6.61 Å². The van der Waals surface area contributed by atoms with Gasteiger partial charge in [0.25, 0.3) is 0 Å². The number of hydrogen-bond acceptors (Lipinski definition) is 3. The van der Waals surface area contributed by atoms with Crippen molar-refractivity contribution < 1.29 is 14.4 Å². The van der Waals surface area contributed by atoms with Crippen molar-refractivity contribution in [2.24, 2.45) is 5.92 Å². The average Bonchev–Trinajstić information content (AvgIpc) is 3.34. The van der Waals surface area contributed by atoms with E-state index in [4.69, 9.17) is 9.57 Å². The molecule has 110 valence electrons. The van der Waals surface area contributed by atoms with E-state index in [0.717, 1.165) is 34.9 Å². The Labute approximate surface area is 124 Å². The summed E-state index contributed by atoms with van der Waals surface area (Å²) >= 11 is 0. The van der Waals surface area contributed by atoms with Gasteiger partial charge in [0, 0.05) is 11.5 Å². The second-order valence-corrected chi connectivity index (χ2v) is 5.23. The van der Waals surface area contributed by atoms with Gasteiger partial charge in [-0.25, -0.2) is 5.48 Å². The van der Waals surface area contributed by atoms with Gasteiger partial charge in [0.1, 0.15) is 12.4 Å². The lowest BCUT2D eigenvalue weighted by Gasteiger charge is -2.13. The van der Waals surface area contributed by atoms with Crippen molar-refractivity contribution >= 4 is 16.7 Å². The summed E-state index contributed by atoms with van der Waals surface area (Å²) in [4.78, 5) is 17.0. The molecule has 21 heavy (non-hydrogen) atoms. The van der Waals surface area contributed by atoms with Gasteiger partial charge in [0.15, 0.2) is 0 Å². The van der Waals surface area contributed by atoms with E-state index in [1.54, 1.807) is 0 Å². The standard InChI is InChI=1S/C17H19NO3/c1-2-20-16-10-9-12-5-3-4-6-14(12)15(16)11-21-18-17(19)13-7-8-13/h3-6,9-10,13H,2,7-8,11H2,1H3,(H,18,19). The van der Waals surface area contributed by atoms with Crippen LogP contribution in [0.3, 0.4) is 0 Å². The number of carbonyl (C=O) groups is 1. The van der Waals surface area contributed by atoms with E-state index in [0.29, 0.717) is 13.2 Å². The molecule has 4 heteroatoms. The van der Waals surface area contributed by atoms with E-state index in [2.05, 4.69) is 11.5 Å². The smallest absolute Gasteiger partial charge is 0.246 e. The van der Waals surface area contributed by atoms with Crippen LogP contribution in [0.2, 0.25) is 0 Å². The monoisotopic (exact) mass is 285 g/mol. The van der Waals surface area contributed by atoms with Crippen molar-refractivity contribution in [1.82, 2.24) is 5.48 Å². The molecule has 0 saturated heterocycles. The Bertz CT molecular complexity index is 650. The predicted octanol–water partition coefficient (Wildman–Crippen LogP) is 3.20. The maximum atomic E-state index is 11.6. The zero-order valence-electron chi connectivity index (χ0n) is 12.1. The summed E-state index contributed by atoms with van der Waals surface area (Å²) < 4.78 is 5.67. The Kier molecular flexibility index (Phi) is 4.06.